The fourth-order valence-electron chi connectivity index (χ4n) is 1.72. The van der Waals surface area contributed by atoms with E-state index in [9.17, 15) is 4.79 Å². The number of thioether (sulfide) groups is 1. The average Bonchev–Trinajstić information content (AvgIpc) is 2.46. The highest BCUT2D eigenvalue weighted by atomic mass is 32.2. The average molecular weight is 283 g/mol. The lowest BCUT2D eigenvalue weighted by Gasteiger charge is -2.26. The van der Waals surface area contributed by atoms with Gasteiger partial charge in [0.2, 0.25) is 0 Å². The van der Waals surface area contributed by atoms with Crippen LogP contribution in [0.1, 0.15) is 12.0 Å². The van der Waals surface area contributed by atoms with Crippen LogP contribution in [0.2, 0.25) is 0 Å². The first kappa shape index (κ1) is 16.0. The van der Waals surface area contributed by atoms with Crippen molar-refractivity contribution < 1.29 is 14.3 Å². The number of benzene rings is 1. The van der Waals surface area contributed by atoms with Crippen molar-refractivity contribution in [1.82, 2.24) is 0 Å². The predicted octanol–water partition coefficient (Wildman–Crippen LogP) is 1.78. The van der Waals surface area contributed by atoms with Crippen molar-refractivity contribution in [1.29, 1.82) is 0 Å². The first-order valence-electron chi connectivity index (χ1n) is 6.14. The molecule has 0 heterocycles. The van der Waals surface area contributed by atoms with Crippen LogP contribution in [0.5, 0.6) is 0 Å². The van der Waals surface area contributed by atoms with Gasteiger partial charge in [0.1, 0.15) is 5.54 Å². The Kier molecular flexibility index (Phi) is 6.91. The summed E-state index contributed by atoms with van der Waals surface area (Å²) in [6, 6.07) is 9.34. The molecule has 1 aromatic carbocycles. The molecule has 0 aromatic heterocycles. The number of rotatable bonds is 8. The molecular weight excluding hydrogens is 262 g/mol. The van der Waals surface area contributed by atoms with Crippen LogP contribution in [0.25, 0.3) is 0 Å². The van der Waals surface area contributed by atoms with E-state index in [4.69, 9.17) is 15.2 Å². The summed E-state index contributed by atoms with van der Waals surface area (Å²) in [7, 11) is 3.04. The summed E-state index contributed by atoms with van der Waals surface area (Å²) in [5, 5.41) is 0. The third kappa shape index (κ3) is 4.53. The number of nitrogens with two attached hydrogens (primary N) is 1. The van der Waals surface area contributed by atoms with Gasteiger partial charge in [-0.1, -0.05) is 30.3 Å². The Labute approximate surface area is 118 Å². The van der Waals surface area contributed by atoms with Crippen molar-refractivity contribution >= 4 is 17.7 Å². The third-order valence-corrected chi connectivity index (χ3v) is 4.04. The molecule has 5 heteroatoms. The summed E-state index contributed by atoms with van der Waals surface area (Å²) < 4.78 is 9.84. The highest BCUT2D eigenvalue weighted by molar-refractivity contribution is 7.99. The highest BCUT2D eigenvalue weighted by Crippen LogP contribution is 2.25. The van der Waals surface area contributed by atoms with E-state index in [0.29, 0.717) is 12.4 Å². The summed E-state index contributed by atoms with van der Waals surface area (Å²) >= 11 is 1.63. The number of esters is 1. The molecule has 0 aliphatic carbocycles. The molecule has 0 saturated carbocycles. The van der Waals surface area contributed by atoms with Crippen molar-refractivity contribution in [3.05, 3.63) is 35.9 Å². The molecule has 0 amide bonds. The molecule has 0 spiro atoms. The van der Waals surface area contributed by atoms with E-state index in [0.717, 1.165) is 17.7 Å². The molecule has 1 unspecified atom stereocenters. The number of ether oxygens (including phenoxy) is 2. The summed E-state index contributed by atoms with van der Waals surface area (Å²) in [5.41, 5.74) is 5.95. The van der Waals surface area contributed by atoms with E-state index in [-0.39, 0.29) is 0 Å². The van der Waals surface area contributed by atoms with Crippen LogP contribution in [0.3, 0.4) is 0 Å². The first-order valence-corrected chi connectivity index (χ1v) is 7.30. The predicted molar refractivity (Wildman–Crippen MR) is 78.1 cm³/mol. The second kappa shape index (κ2) is 8.19. The third-order valence-electron chi connectivity index (χ3n) is 2.81. The quantitative estimate of drug-likeness (QED) is 0.582. The van der Waals surface area contributed by atoms with Gasteiger partial charge in [-0.2, -0.15) is 11.8 Å². The van der Waals surface area contributed by atoms with E-state index >= 15 is 0 Å². The molecule has 4 nitrogen and oxygen atoms in total. The van der Waals surface area contributed by atoms with Crippen molar-refractivity contribution in [3.8, 4) is 0 Å². The maximum Gasteiger partial charge on any atom is 0.331 e. The number of hydrogen-bond donors (Lipinski definition) is 1. The van der Waals surface area contributed by atoms with E-state index in [2.05, 4.69) is 0 Å². The van der Waals surface area contributed by atoms with Gasteiger partial charge in [0, 0.05) is 19.5 Å². The summed E-state index contributed by atoms with van der Waals surface area (Å²) in [6.45, 7) is 0.716. The fraction of sp³-hybridized carbons (Fsp3) is 0.500. The van der Waals surface area contributed by atoms with Crippen LogP contribution < -0.4 is 5.73 Å². The zero-order valence-electron chi connectivity index (χ0n) is 11.4. The zero-order valence-corrected chi connectivity index (χ0v) is 12.2. The minimum Gasteiger partial charge on any atom is -0.467 e. The van der Waals surface area contributed by atoms with Crippen LogP contribution in [0.15, 0.2) is 30.3 Å². The molecule has 0 bridgehead atoms. The van der Waals surface area contributed by atoms with Gasteiger partial charge in [0.25, 0.3) is 0 Å². The van der Waals surface area contributed by atoms with Gasteiger partial charge < -0.3 is 15.2 Å². The maximum atomic E-state index is 12.0. The normalized spacial score (nSPS) is 13.8. The van der Waals surface area contributed by atoms with E-state index in [1.165, 1.54) is 7.11 Å². The molecule has 0 fully saturated rings. The Morgan fingerprint density at radius 1 is 1.32 bits per heavy atom. The Morgan fingerprint density at radius 2 is 2.00 bits per heavy atom. The topological polar surface area (TPSA) is 61.5 Å². The van der Waals surface area contributed by atoms with Gasteiger partial charge in [-0.15, -0.1) is 0 Å². The van der Waals surface area contributed by atoms with Crippen LogP contribution in [-0.4, -0.2) is 38.3 Å². The van der Waals surface area contributed by atoms with Crippen molar-refractivity contribution in [2.45, 2.75) is 12.0 Å². The molecule has 0 saturated heterocycles. The Balaban J connectivity index is 2.69. The van der Waals surface area contributed by atoms with Crippen LogP contribution in [-0.2, 0) is 19.8 Å². The molecule has 2 N–H and O–H groups in total. The van der Waals surface area contributed by atoms with Crippen molar-refractivity contribution in [2.24, 2.45) is 5.73 Å². The Bertz CT molecular complexity index is 386. The van der Waals surface area contributed by atoms with Gasteiger partial charge in [0.05, 0.1) is 7.11 Å². The van der Waals surface area contributed by atoms with Gasteiger partial charge >= 0.3 is 5.97 Å². The SMILES string of the molecule is COCCCSCC(N)(C(=O)OC)c1ccccc1. The molecule has 1 atom stereocenters. The number of hydrogen-bond acceptors (Lipinski definition) is 5. The molecule has 0 aliphatic rings. The molecular formula is C14H21NO3S. The molecule has 1 rings (SSSR count). The molecule has 1 aromatic rings. The lowest BCUT2D eigenvalue weighted by Crippen LogP contribution is -2.48. The number of carbonyl (C=O) groups is 1. The summed E-state index contributed by atoms with van der Waals surface area (Å²) in [6.07, 6.45) is 0.938. The minimum absolute atomic E-state index is 0.405. The maximum absolute atomic E-state index is 12.0. The van der Waals surface area contributed by atoms with Gasteiger partial charge in [-0.25, -0.2) is 4.79 Å². The summed E-state index contributed by atoms with van der Waals surface area (Å²) in [4.78, 5) is 12.0. The molecule has 0 aliphatic heterocycles. The highest BCUT2D eigenvalue weighted by Gasteiger charge is 2.36. The monoisotopic (exact) mass is 283 g/mol. The first-order chi connectivity index (χ1) is 9.15. The van der Waals surface area contributed by atoms with Gasteiger partial charge in [-0.3, -0.25) is 0 Å². The molecule has 19 heavy (non-hydrogen) atoms. The summed E-state index contributed by atoms with van der Waals surface area (Å²) in [5.74, 6) is 0.988. The van der Waals surface area contributed by atoms with Crippen LogP contribution in [0.4, 0.5) is 0 Å². The second-order valence-electron chi connectivity index (χ2n) is 4.23. The van der Waals surface area contributed by atoms with E-state index < -0.39 is 11.5 Å². The van der Waals surface area contributed by atoms with Crippen molar-refractivity contribution in [3.63, 3.8) is 0 Å². The largest absolute Gasteiger partial charge is 0.467 e. The Morgan fingerprint density at radius 3 is 2.58 bits per heavy atom. The van der Waals surface area contributed by atoms with Gasteiger partial charge in [-0.05, 0) is 17.7 Å². The van der Waals surface area contributed by atoms with Crippen LogP contribution >= 0.6 is 11.8 Å². The lowest BCUT2D eigenvalue weighted by atomic mass is 9.93. The molecule has 106 valence electrons. The van der Waals surface area contributed by atoms with E-state index in [1.54, 1.807) is 18.9 Å². The number of methoxy groups -OCH3 is 2. The van der Waals surface area contributed by atoms with Crippen molar-refractivity contribution in [2.75, 3.05) is 32.3 Å². The minimum atomic E-state index is -1.09. The second-order valence-corrected chi connectivity index (χ2v) is 5.33. The Hall–Kier alpha value is -1.04. The smallest absolute Gasteiger partial charge is 0.331 e. The molecule has 0 radical (unpaired) electrons. The van der Waals surface area contributed by atoms with Crippen LogP contribution in [0, 0.1) is 0 Å². The van der Waals surface area contributed by atoms with Gasteiger partial charge in [0.15, 0.2) is 0 Å². The van der Waals surface area contributed by atoms with E-state index in [1.807, 2.05) is 30.3 Å². The standard InChI is InChI=1S/C14H21NO3S/c1-17-9-6-10-19-11-14(15,13(16)18-2)12-7-4-3-5-8-12/h3-5,7-8H,6,9-11,15H2,1-2H3. The lowest BCUT2D eigenvalue weighted by molar-refractivity contribution is -0.146. The number of carbonyl (C=O) groups excluding carboxylic acids is 1. The fourth-order valence-corrected chi connectivity index (χ4v) is 2.79. The zero-order chi connectivity index (χ0) is 14.1.